The Kier molecular flexibility index (Phi) is 4.26. The molecule has 0 spiro atoms. The summed E-state index contributed by atoms with van der Waals surface area (Å²) in [6.07, 6.45) is 3.26. The molecule has 3 aromatic rings. The number of halogens is 1. The van der Waals surface area contributed by atoms with Crippen molar-refractivity contribution in [2.45, 2.75) is 0 Å². The van der Waals surface area contributed by atoms with E-state index in [1.54, 1.807) is 30.3 Å². The third-order valence-electron chi connectivity index (χ3n) is 3.41. The Bertz CT molecular complexity index is 849. The molecule has 0 aliphatic heterocycles. The van der Waals surface area contributed by atoms with Crippen molar-refractivity contribution in [3.63, 3.8) is 0 Å². The molecule has 3 rings (SSSR count). The number of anilines is 1. The zero-order chi connectivity index (χ0) is 16.2. The van der Waals surface area contributed by atoms with E-state index >= 15 is 0 Å². The van der Waals surface area contributed by atoms with Crippen molar-refractivity contribution in [3.8, 4) is 11.3 Å². The number of carbonyl (C=O) groups excluding carboxylic acids is 1. The zero-order valence-electron chi connectivity index (χ0n) is 12.2. The Morgan fingerprint density at radius 2 is 1.78 bits per heavy atom. The van der Waals surface area contributed by atoms with Crippen molar-refractivity contribution in [2.24, 2.45) is 0 Å². The molecule has 0 unspecified atom stereocenters. The molecule has 4 nitrogen and oxygen atoms in total. The second-order valence-electron chi connectivity index (χ2n) is 5.09. The van der Waals surface area contributed by atoms with E-state index in [1.807, 2.05) is 30.3 Å². The minimum Gasteiger partial charge on any atom is -0.399 e. The monoisotopic (exact) mass is 324 g/mol. The van der Waals surface area contributed by atoms with Gasteiger partial charge in [0.05, 0.1) is 0 Å². The molecule has 0 aliphatic rings. The van der Waals surface area contributed by atoms with Gasteiger partial charge >= 0.3 is 0 Å². The van der Waals surface area contributed by atoms with Gasteiger partial charge in [-0.3, -0.25) is 4.79 Å². The molecule has 23 heavy (non-hydrogen) atoms. The summed E-state index contributed by atoms with van der Waals surface area (Å²) in [6, 6.07) is 16.3. The molecule has 0 atom stereocenters. The van der Waals surface area contributed by atoms with Crippen LogP contribution in [0.3, 0.4) is 0 Å². The molecule has 4 N–H and O–H groups in total. The number of aromatic amines is 2. The van der Waals surface area contributed by atoms with Crippen molar-refractivity contribution in [1.29, 1.82) is 0 Å². The third-order valence-corrected chi connectivity index (χ3v) is 3.66. The molecule has 0 radical (unpaired) electrons. The van der Waals surface area contributed by atoms with Gasteiger partial charge in [0.1, 0.15) is 5.69 Å². The number of hydrogen-bond donors (Lipinski definition) is 2. The van der Waals surface area contributed by atoms with E-state index in [0.29, 0.717) is 16.3 Å². The number of nitrogen functional groups attached to an aromatic ring is 1. The van der Waals surface area contributed by atoms with Crippen LogP contribution in [0.1, 0.15) is 16.1 Å². The van der Waals surface area contributed by atoms with Gasteiger partial charge in [-0.05, 0) is 60.7 Å². The molecule has 0 fully saturated rings. The number of H-pyrrole nitrogens is 2. The summed E-state index contributed by atoms with van der Waals surface area (Å²) >= 11 is 5.88. The van der Waals surface area contributed by atoms with Gasteiger partial charge in [0, 0.05) is 27.9 Å². The fourth-order valence-corrected chi connectivity index (χ4v) is 2.28. The zero-order valence-corrected chi connectivity index (χ0v) is 13.0. The number of nitrogens with one attached hydrogen (secondary N) is 2. The first-order valence-corrected chi connectivity index (χ1v) is 7.44. The van der Waals surface area contributed by atoms with Gasteiger partial charge in [0.2, 0.25) is 5.69 Å². The van der Waals surface area contributed by atoms with E-state index in [4.69, 9.17) is 17.3 Å². The number of nitrogens with two attached hydrogens (primary N) is 1. The fourth-order valence-electron chi connectivity index (χ4n) is 2.15. The molecule has 0 bridgehead atoms. The lowest BCUT2D eigenvalue weighted by atomic mass is 10.1. The third kappa shape index (κ3) is 3.67. The van der Waals surface area contributed by atoms with Crippen molar-refractivity contribution in [3.05, 3.63) is 77.0 Å². The lowest BCUT2D eigenvalue weighted by Gasteiger charge is -1.95. The van der Waals surface area contributed by atoms with Crippen LogP contribution in [0.15, 0.2) is 60.7 Å². The van der Waals surface area contributed by atoms with Gasteiger partial charge in [0.15, 0.2) is 5.78 Å². The average Bonchev–Trinajstić information content (AvgIpc) is 3.03. The Balaban J connectivity index is 1.74. The van der Waals surface area contributed by atoms with E-state index in [-0.39, 0.29) is 5.78 Å². The molecule has 1 aromatic heterocycles. The predicted octanol–water partition coefficient (Wildman–Crippen LogP) is 3.63. The Morgan fingerprint density at radius 3 is 2.48 bits per heavy atom. The molecule has 5 heteroatoms. The van der Waals surface area contributed by atoms with Crippen LogP contribution in [-0.2, 0) is 0 Å². The summed E-state index contributed by atoms with van der Waals surface area (Å²) in [5.41, 5.74) is 9.58. The number of benzene rings is 2. The van der Waals surface area contributed by atoms with Crippen LogP contribution >= 0.6 is 11.6 Å². The van der Waals surface area contributed by atoms with Gasteiger partial charge in [-0.2, -0.15) is 5.10 Å². The number of hydrogen-bond acceptors (Lipinski definition) is 2. The standard InChI is InChI=1S/C18H14ClN3O/c19-14-5-1-12(2-6-14)17-11-16(21-22-17)9-10-18(23)13-3-7-15(20)8-4-13/h1-11H,20H2,(H,21,22)/p+1. The lowest BCUT2D eigenvalue weighted by molar-refractivity contribution is -0.437. The normalized spacial score (nSPS) is 11.0. The van der Waals surface area contributed by atoms with Crippen molar-refractivity contribution >= 4 is 29.1 Å². The number of rotatable bonds is 4. The maximum atomic E-state index is 12.1. The summed E-state index contributed by atoms with van der Waals surface area (Å²) in [6.45, 7) is 0. The topological polar surface area (TPSA) is 73.0 Å². The van der Waals surface area contributed by atoms with Crippen LogP contribution in [0.2, 0.25) is 5.02 Å². The molecule has 0 saturated carbocycles. The highest BCUT2D eigenvalue weighted by molar-refractivity contribution is 6.30. The van der Waals surface area contributed by atoms with Gasteiger partial charge in [-0.15, -0.1) is 5.10 Å². The first-order valence-electron chi connectivity index (χ1n) is 7.06. The molecule has 0 amide bonds. The maximum absolute atomic E-state index is 12.1. The second-order valence-corrected chi connectivity index (χ2v) is 5.53. The van der Waals surface area contributed by atoms with Gasteiger partial charge in [-0.25, -0.2) is 0 Å². The molecular formula is C18H15ClN3O+. The molecular weight excluding hydrogens is 310 g/mol. The molecule has 114 valence electrons. The highest BCUT2D eigenvalue weighted by atomic mass is 35.5. The predicted molar refractivity (Wildman–Crippen MR) is 92.0 cm³/mol. The number of carbonyl (C=O) groups is 1. The first kappa shape index (κ1) is 15.1. The SMILES string of the molecule is Nc1ccc(C(=O)C=Cc2cc(-c3ccc(Cl)cc3)[nH+][nH]2)cc1. The largest absolute Gasteiger partial charge is 0.399 e. The van der Waals surface area contributed by atoms with Crippen molar-refractivity contribution in [2.75, 3.05) is 5.73 Å². The number of allylic oxidation sites excluding steroid dienone is 1. The lowest BCUT2D eigenvalue weighted by Crippen LogP contribution is -2.04. The summed E-state index contributed by atoms with van der Waals surface area (Å²) in [7, 11) is 0. The summed E-state index contributed by atoms with van der Waals surface area (Å²) in [5.74, 6) is -0.0763. The van der Waals surface area contributed by atoms with Crippen LogP contribution in [-0.4, -0.2) is 10.9 Å². The van der Waals surface area contributed by atoms with Crippen molar-refractivity contribution in [1.82, 2.24) is 5.10 Å². The summed E-state index contributed by atoms with van der Waals surface area (Å²) in [5, 5.41) is 6.78. The quantitative estimate of drug-likeness (QED) is 0.437. The molecule has 0 aliphatic carbocycles. The highest BCUT2D eigenvalue weighted by Gasteiger charge is 2.09. The molecule has 2 aromatic carbocycles. The highest BCUT2D eigenvalue weighted by Crippen LogP contribution is 2.18. The minimum atomic E-state index is -0.0763. The fraction of sp³-hybridized carbons (Fsp3) is 0. The summed E-state index contributed by atoms with van der Waals surface area (Å²) in [4.78, 5) is 12.1. The minimum absolute atomic E-state index is 0.0763. The van der Waals surface area contributed by atoms with Crippen molar-refractivity contribution < 1.29 is 9.89 Å². The van der Waals surface area contributed by atoms with E-state index in [2.05, 4.69) is 10.2 Å². The van der Waals surface area contributed by atoms with Crippen LogP contribution in [0.25, 0.3) is 17.3 Å². The number of ketones is 1. The van der Waals surface area contributed by atoms with E-state index in [9.17, 15) is 4.79 Å². The Morgan fingerprint density at radius 1 is 1.09 bits per heavy atom. The van der Waals surface area contributed by atoms with Crippen LogP contribution in [0, 0.1) is 0 Å². The van der Waals surface area contributed by atoms with Gasteiger partial charge < -0.3 is 5.73 Å². The first-order chi connectivity index (χ1) is 11.1. The van der Waals surface area contributed by atoms with E-state index < -0.39 is 0 Å². The van der Waals surface area contributed by atoms with E-state index in [0.717, 1.165) is 17.0 Å². The Labute approximate surface area is 138 Å². The second kappa shape index (κ2) is 6.50. The van der Waals surface area contributed by atoms with E-state index in [1.165, 1.54) is 6.08 Å². The Hall–Kier alpha value is -2.85. The molecule has 0 saturated heterocycles. The van der Waals surface area contributed by atoms with Gasteiger partial charge in [0.25, 0.3) is 0 Å². The molecule has 1 heterocycles. The smallest absolute Gasteiger partial charge is 0.236 e. The average molecular weight is 325 g/mol. The van der Waals surface area contributed by atoms with Crippen LogP contribution in [0.4, 0.5) is 5.69 Å². The number of aromatic nitrogens is 2. The van der Waals surface area contributed by atoms with Gasteiger partial charge in [-0.1, -0.05) is 11.6 Å². The van der Waals surface area contributed by atoms with Crippen LogP contribution < -0.4 is 10.8 Å². The maximum Gasteiger partial charge on any atom is 0.236 e. The van der Waals surface area contributed by atoms with Crippen LogP contribution in [0.5, 0.6) is 0 Å². The summed E-state index contributed by atoms with van der Waals surface area (Å²) < 4.78 is 0.